The van der Waals surface area contributed by atoms with E-state index in [9.17, 15) is 14.4 Å². The first-order chi connectivity index (χ1) is 19.6. The fourth-order valence-electron chi connectivity index (χ4n) is 4.42. The molecule has 4 aromatic carbocycles. The molecule has 0 spiro atoms. The number of esters is 1. The summed E-state index contributed by atoms with van der Waals surface area (Å²) in [5, 5.41) is 3.54. The molecule has 2 N–H and O–H groups in total. The van der Waals surface area contributed by atoms with Crippen LogP contribution in [0, 0.1) is 0 Å². The molecule has 0 aliphatic heterocycles. The van der Waals surface area contributed by atoms with E-state index in [1.54, 1.807) is 18.3 Å². The second-order valence-corrected chi connectivity index (χ2v) is 9.30. The molecular formula is C33H28N2O5. The van der Waals surface area contributed by atoms with Crippen molar-refractivity contribution >= 4 is 28.7 Å². The number of alkyl carbamates (subject to hydrolysis) is 1. The number of aromatic nitrogens is 1. The van der Waals surface area contributed by atoms with Crippen LogP contribution in [0.4, 0.5) is 4.79 Å². The fraction of sp³-hybridized carbons (Fsp3) is 0.121. The van der Waals surface area contributed by atoms with Gasteiger partial charge in [0.05, 0.1) is 0 Å². The normalized spacial score (nSPS) is 11.5. The van der Waals surface area contributed by atoms with Crippen LogP contribution in [-0.2, 0) is 27.3 Å². The number of para-hydroxylation sites is 1. The fourth-order valence-corrected chi connectivity index (χ4v) is 4.42. The van der Waals surface area contributed by atoms with Crippen molar-refractivity contribution in [2.75, 3.05) is 6.61 Å². The van der Waals surface area contributed by atoms with Gasteiger partial charge in [-0.05, 0) is 28.3 Å². The van der Waals surface area contributed by atoms with Crippen molar-refractivity contribution in [2.24, 2.45) is 0 Å². The van der Waals surface area contributed by atoms with E-state index in [1.807, 2.05) is 97.1 Å². The minimum atomic E-state index is -1.06. The molecule has 1 atom stereocenters. The molecule has 0 saturated heterocycles. The number of ether oxygens (including phenoxy) is 2. The number of hydrogen-bond donors (Lipinski definition) is 2. The van der Waals surface area contributed by atoms with E-state index in [-0.39, 0.29) is 18.8 Å². The predicted octanol–water partition coefficient (Wildman–Crippen LogP) is 6.10. The summed E-state index contributed by atoms with van der Waals surface area (Å²) in [7, 11) is 0. The Morgan fingerprint density at radius 1 is 0.725 bits per heavy atom. The van der Waals surface area contributed by atoms with Gasteiger partial charge in [0.2, 0.25) is 0 Å². The zero-order valence-corrected chi connectivity index (χ0v) is 21.7. The highest BCUT2D eigenvalue weighted by Gasteiger charge is 2.26. The SMILES string of the molecule is O=C(N[C@H](Cc1c[nH]c2ccccc12)C(=O)OCC(=O)c1ccc(-c2ccccc2)cc1)OCc1ccccc1. The van der Waals surface area contributed by atoms with E-state index < -0.39 is 24.7 Å². The lowest BCUT2D eigenvalue weighted by Crippen LogP contribution is -2.44. The molecule has 0 bridgehead atoms. The molecule has 40 heavy (non-hydrogen) atoms. The molecule has 7 nitrogen and oxygen atoms in total. The number of aromatic amines is 1. The summed E-state index contributed by atoms with van der Waals surface area (Å²) in [4.78, 5) is 41.7. The summed E-state index contributed by atoms with van der Waals surface area (Å²) in [6.07, 6.45) is 1.19. The minimum absolute atomic E-state index is 0.0546. The van der Waals surface area contributed by atoms with Crippen LogP contribution in [0.15, 0.2) is 115 Å². The standard InChI is InChI=1S/C33H28N2O5/c36-31(26-17-15-25(16-18-26)24-11-5-2-6-12-24)22-39-32(37)30(19-27-20-34-29-14-8-7-13-28(27)29)35-33(38)40-21-23-9-3-1-4-10-23/h1-18,20,30,34H,19,21-22H2,(H,35,38)/t30-/m1/s1. The van der Waals surface area contributed by atoms with Crippen molar-refractivity contribution in [3.05, 3.63) is 132 Å². The summed E-state index contributed by atoms with van der Waals surface area (Å²) in [6.45, 7) is -0.395. The maximum atomic E-state index is 13.1. The van der Waals surface area contributed by atoms with Gasteiger partial charge in [-0.25, -0.2) is 9.59 Å². The summed E-state index contributed by atoms with van der Waals surface area (Å²) in [6, 6.07) is 32.8. The number of H-pyrrole nitrogens is 1. The lowest BCUT2D eigenvalue weighted by atomic mass is 10.0. The van der Waals surface area contributed by atoms with Crippen LogP contribution < -0.4 is 5.32 Å². The van der Waals surface area contributed by atoms with Gasteiger partial charge >= 0.3 is 12.1 Å². The third-order valence-corrected chi connectivity index (χ3v) is 6.55. The number of benzene rings is 4. The number of amides is 1. The average molecular weight is 533 g/mol. The van der Waals surface area contributed by atoms with Gasteiger partial charge in [0, 0.05) is 29.1 Å². The molecule has 0 unspecified atom stereocenters. The molecule has 5 rings (SSSR count). The van der Waals surface area contributed by atoms with E-state index in [0.29, 0.717) is 5.56 Å². The Morgan fingerprint density at radius 2 is 1.38 bits per heavy atom. The monoisotopic (exact) mass is 532 g/mol. The molecule has 0 radical (unpaired) electrons. The van der Waals surface area contributed by atoms with Gasteiger partial charge in [0.25, 0.3) is 0 Å². The van der Waals surface area contributed by atoms with Crippen LogP contribution in [0.25, 0.3) is 22.0 Å². The lowest BCUT2D eigenvalue weighted by Gasteiger charge is -2.17. The Kier molecular flexibility index (Phi) is 8.32. The molecule has 0 fully saturated rings. The van der Waals surface area contributed by atoms with Gasteiger partial charge < -0.3 is 19.8 Å². The molecular weight excluding hydrogens is 504 g/mol. The largest absolute Gasteiger partial charge is 0.456 e. The molecule has 0 aliphatic carbocycles. The highest BCUT2D eigenvalue weighted by Crippen LogP contribution is 2.21. The van der Waals surface area contributed by atoms with Crippen molar-refractivity contribution in [3.8, 4) is 11.1 Å². The quantitative estimate of drug-likeness (QED) is 0.167. The van der Waals surface area contributed by atoms with Crippen molar-refractivity contribution in [1.29, 1.82) is 0 Å². The Bertz CT molecular complexity index is 1590. The Hall–Kier alpha value is -5.17. The van der Waals surface area contributed by atoms with Crippen molar-refractivity contribution in [2.45, 2.75) is 19.1 Å². The topological polar surface area (TPSA) is 97.5 Å². The number of nitrogens with one attached hydrogen (secondary N) is 2. The maximum Gasteiger partial charge on any atom is 0.408 e. The summed E-state index contributed by atoms with van der Waals surface area (Å²) >= 11 is 0. The Labute approximate surface area is 231 Å². The highest BCUT2D eigenvalue weighted by molar-refractivity contribution is 5.98. The number of ketones is 1. The van der Waals surface area contributed by atoms with Crippen molar-refractivity contribution in [1.82, 2.24) is 10.3 Å². The Balaban J connectivity index is 1.24. The molecule has 0 saturated carbocycles. The first-order valence-corrected chi connectivity index (χ1v) is 12.9. The third kappa shape index (κ3) is 6.63. The van der Waals surface area contributed by atoms with Crippen LogP contribution in [0.5, 0.6) is 0 Å². The van der Waals surface area contributed by atoms with Crippen LogP contribution in [0.1, 0.15) is 21.5 Å². The van der Waals surface area contributed by atoms with E-state index in [4.69, 9.17) is 9.47 Å². The number of fused-ring (bicyclic) bond motifs is 1. The van der Waals surface area contributed by atoms with Gasteiger partial charge in [-0.2, -0.15) is 0 Å². The second-order valence-electron chi connectivity index (χ2n) is 9.30. The number of carbonyl (C=O) groups excluding carboxylic acids is 3. The molecule has 7 heteroatoms. The average Bonchev–Trinajstić information content (AvgIpc) is 3.42. The van der Waals surface area contributed by atoms with Crippen LogP contribution in [0.2, 0.25) is 0 Å². The van der Waals surface area contributed by atoms with Crippen LogP contribution >= 0.6 is 0 Å². The number of carbonyl (C=O) groups is 3. The van der Waals surface area contributed by atoms with E-state index >= 15 is 0 Å². The van der Waals surface area contributed by atoms with Gasteiger partial charge in [0.15, 0.2) is 12.4 Å². The number of rotatable bonds is 10. The Morgan fingerprint density at radius 3 is 2.12 bits per heavy atom. The number of hydrogen-bond acceptors (Lipinski definition) is 5. The first kappa shape index (κ1) is 26.4. The van der Waals surface area contributed by atoms with Gasteiger partial charge in [-0.15, -0.1) is 0 Å². The zero-order chi connectivity index (χ0) is 27.7. The molecule has 0 aliphatic rings. The summed E-state index contributed by atoms with van der Waals surface area (Å²) < 4.78 is 10.7. The number of Topliss-reactive ketones (excluding diaryl/α,β-unsaturated/α-hetero) is 1. The molecule has 200 valence electrons. The third-order valence-electron chi connectivity index (χ3n) is 6.55. The molecule has 1 amide bonds. The van der Waals surface area contributed by atoms with E-state index in [0.717, 1.165) is 33.2 Å². The lowest BCUT2D eigenvalue weighted by molar-refractivity contribution is -0.144. The van der Waals surface area contributed by atoms with E-state index in [1.165, 1.54) is 0 Å². The second kappa shape index (κ2) is 12.6. The highest BCUT2D eigenvalue weighted by atomic mass is 16.6. The smallest absolute Gasteiger partial charge is 0.408 e. The molecule has 1 aromatic heterocycles. The van der Waals surface area contributed by atoms with Crippen molar-refractivity contribution < 1.29 is 23.9 Å². The van der Waals surface area contributed by atoms with E-state index in [2.05, 4.69) is 10.3 Å². The van der Waals surface area contributed by atoms with Gasteiger partial charge in [0.1, 0.15) is 12.6 Å². The maximum absolute atomic E-state index is 13.1. The van der Waals surface area contributed by atoms with Gasteiger partial charge in [-0.1, -0.05) is 103 Å². The predicted molar refractivity (Wildman–Crippen MR) is 153 cm³/mol. The van der Waals surface area contributed by atoms with Crippen molar-refractivity contribution in [3.63, 3.8) is 0 Å². The summed E-state index contributed by atoms with van der Waals surface area (Å²) in [5.41, 5.74) is 4.99. The first-order valence-electron chi connectivity index (χ1n) is 12.9. The van der Waals surface area contributed by atoms with Gasteiger partial charge in [-0.3, -0.25) is 4.79 Å². The summed E-state index contributed by atoms with van der Waals surface area (Å²) in [5.74, 6) is -1.07. The minimum Gasteiger partial charge on any atom is -0.456 e. The zero-order valence-electron chi connectivity index (χ0n) is 21.7. The molecule has 5 aromatic rings. The van der Waals surface area contributed by atoms with Crippen LogP contribution in [0.3, 0.4) is 0 Å². The van der Waals surface area contributed by atoms with Crippen LogP contribution in [-0.4, -0.2) is 35.5 Å². The molecule has 1 heterocycles.